The Balaban J connectivity index is 1.86. The Morgan fingerprint density at radius 2 is 2.05 bits per heavy atom. The highest BCUT2D eigenvalue weighted by molar-refractivity contribution is 6.02. The molecule has 3 aromatic rings. The van der Waals surface area contributed by atoms with Gasteiger partial charge in [0.25, 0.3) is 5.91 Å². The van der Waals surface area contributed by atoms with Crippen LogP contribution >= 0.6 is 0 Å². The van der Waals surface area contributed by atoms with Gasteiger partial charge >= 0.3 is 0 Å². The van der Waals surface area contributed by atoms with Crippen molar-refractivity contribution in [1.29, 1.82) is 0 Å². The monoisotopic (exact) mass is 283 g/mol. The van der Waals surface area contributed by atoms with Gasteiger partial charge in [0.1, 0.15) is 11.6 Å². The molecule has 106 valence electrons. The van der Waals surface area contributed by atoms with Crippen LogP contribution in [0.2, 0.25) is 0 Å². The quantitative estimate of drug-likeness (QED) is 0.716. The number of nitrogens with zero attached hydrogens (tertiary/aromatic N) is 3. The van der Waals surface area contributed by atoms with E-state index in [9.17, 15) is 4.79 Å². The normalized spacial score (nSPS) is 10.5. The number of benzene rings is 1. The van der Waals surface area contributed by atoms with Crippen molar-refractivity contribution in [3.63, 3.8) is 0 Å². The fourth-order valence-electron chi connectivity index (χ4n) is 1.87. The van der Waals surface area contributed by atoms with Gasteiger partial charge in [-0.3, -0.25) is 4.79 Å². The first-order valence-electron chi connectivity index (χ1n) is 6.28. The summed E-state index contributed by atoms with van der Waals surface area (Å²) in [6.07, 6.45) is 1.60. The van der Waals surface area contributed by atoms with Crippen molar-refractivity contribution in [3.05, 3.63) is 54.0 Å². The lowest BCUT2D eigenvalue weighted by molar-refractivity contribution is 0.101. The van der Waals surface area contributed by atoms with E-state index in [4.69, 9.17) is 10.3 Å². The third-order valence-electron chi connectivity index (χ3n) is 2.88. The molecule has 0 bridgehead atoms. The standard InChI is InChI=1S/C14H13N5O2/c1-9-8-12(18-21-9)14(20)17-13-6-7-16-19(13)11-4-2-10(15)3-5-11/h2-8H,15H2,1H3,(H,17,20). The lowest BCUT2D eigenvalue weighted by Crippen LogP contribution is -2.15. The molecule has 21 heavy (non-hydrogen) atoms. The summed E-state index contributed by atoms with van der Waals surface area (Å²) < 4.78 is 6.49. The highest BCUT2D eigenvalue weighted by Gasteiger charge is 2.14. The van der Waals surface area contributed by atoms with E-state index in [0.29, 0.717) is 17.3 Å². The Morgan fingerprint density at radius 1 is 1.29 bits per heavy atom. The van der Waals surface area contributed by atoms with Gasteiger partial charge in [0, 0.05) is 17.8 Å². The summed E-state index contributed by atoms with van der Waals surface area (Å²) >= 11 is 0. The second-order valence-electron chi connectivity index (χ2n) is 4.50. The van der Waals surface area contributed by atoms with Crippen molar-refractivity contribution < 1.29 is 9.32 Å². The molecule has 7 nitrogen and oxygen atoms in total. The van der Waals surface area contributed by atoms with Gasteiger partial charge in [0.2, 0.25) is 0 Å². The minimum Gasteiger partial charge on any atom is -0.399 e. The first kappa shape index (κ1) is 12.9. The molecule has 0 unspecified atom stereocenters. The van der Waals surface area contributed by atoms with E-state index in [1.165, 1.54) is 0 Å². The summed E-state index contributed by atoms with van der Waals surface area (Å²) in [6, 6.07) is 10.4. The number of anilines is 2. The number of nitrogens with two attached hydrogens (primary N) is 1. The topological polar surface area (TPSA) is 99.0 Å². The van der Waals surface area contributed by atoms with E-state index in [-0.39, 0.29) is 11.6 Å². The summed E-state index contributed by atoms with van der Waals surface area (Å²) in [5, 5.41) is 10.6. The number of carbonyl (C=O) groups is 1. The number of aryl methyl sites for hydroxylation is 1. The second kappa shape index (κ2) is 5.12. The zero-order valence-electron chi connectivity index (χ0n) is 11.3. The average molecular weight is 283 g/mol. The van der Waals surface area contributed by atoms with Gasteiger partial charge in [0.15, 0.2) is 5.69 Å². The molecule has 2 aromatic heterocycles. The van der Waals surface area contributed by atoms with Gasteiger partial charge < -0.3 is 15.6 Å². The lowest BCUT2D eigenvalue weighted by Gasteiger charge is -2.08. The third-order valence-corrected chi connectivity index (χ3v) is 2.88. The fourth-order valence-corrected chi connectivity index (χ4v) is 1.87. The minimum atomic E-state index is -0.357. The predicted molar refractivity (Wildman–Crippen MR) is 77.2 cm³/mol. The van der Waals surface area contributed by atoms with Gasteiger partial charge in [-0.25, -0.2) is 4.68 Å². The van der Waals surface area contributed by atoms with Crippen LogP contribution in [-0.2, 0) is 0 Å². The Morgan fingerprint density at radius 3 is 2.71 bits per heavy atom. The molecule has 0 radical (unpaired) electrons. The van der Waals surface area contributed by atoms with Crippen LogP contribution in [-0.4, -0.2) is 20.8 Å². The molecule has 0 fully saturated rings. The summed E-state index contributed by atoms with van der Waals surface area (Å²) in [6.45, 7) is 1.72. The van der Waals surface area contributed by atoms with Crippen molar-refractivity contribution in [2.24, 2.45) is 0 Å². The lowest BCUT2D eigenvalue weighted by atomic mass is 10.3. The van der Waals surface area contributed by atoms with Crippen LogP contribution in [0.25, 0.3) is 5.69 Å². The largest absolute Gasteiger partial charge is 0.399 e. The highest BCUT2D eigenvalue weighted by Crippen LogP contribution is 2.17. The molecule has 2 heterocycles. The van der Waals surface area contributed by atoms with Crippen LogP contribution in [0.15, 0.2) is 47.1 Å². The van der Waals surface area contributed by atoms with E-state index in [0.717, 1.165) is 5.69 Å². The van der Waals surface area contributed by atoms with Crippen LogP contribution in [0, 0.1) is 6.92 Å². The molecule has 0 aliphatic heterocycles. The van der Waals surface area contributed by atoms with Crippen molar-refractivity contribution in [1.82, 2.24) is 14.9 Å². The SMILES string of the molecule is Cc1cc(C(=O)Nc2ccnn2-c2ccc(N)cc2)no1. The molecule has 0 aliphatic carbocycles. The Bertz CT molecular complexity index is 773. The average Bonchev–Trinajstić information content (AvgIpc) is 3.09. The number of hydrogen-bond acceptors (Lipinski definition) is 5. The maximum atomic E-state index is 12.1. The van der Waals surface area contributed by atoms with E-state index in [1.54, 1.807) is 42.1 Å². The summed E-state index contributed by atoms with van der Waals surface area (Å²) in [5.74, 6) is 0.752. The van der Waals surface area contributed by atoms with E-state index in [2.05, 4.69) is 15.6 Å². The van der Waals surface area contributed by atoms with Crippen LogP contribution < -0.4 is 11.1 Å². The van der Waals surface area contributed by atoms with Crippen LogP contribution in [0.1, 0.15) is 16.2 Å². The van der Waals surface area contributed by atoms with E-state index in [1.807, 2.05) is 12.1 Å². The van der Waals surface area contributed by atoms with Crippen molar-refractivity contribution in [2.45, 2.75) is 6.92 Å². The number of aromatic nitrogens is 3. The molecule has 1 amide bonds. The van der Waals surface area contributed by atoms with Crippen LogP contribution in [0.3, 0.4) is 0 Å². The Labute approximate surface area is 120 Å². The second-order valence-corrected chi connectivity index (χ2v) is 4.50. The van der Waals surface area contributed by atoms with E-state index >= 15 is 0 Å². The number of hydrogen-bond donors (Lipinski definition) is 2. The number of rotatable bonds is 3. The Kier molecular flexibility index (Phi) is 3.15. The summed E-state index contributed by atoms with van der Waals surface area (Å²) in [4.78, 5) is 12.1. The fraction of sp³-hybridized carbons (Fsp3) is 0.0714. The molecule has 3 N–H and O–H groups in total. The minimum absolute atomic E-state index is 0.220. The van der Waals surface area contributed by atoms with Crippen LogP contribution in [0.5, 0.6) is 0 Å². The van der Waals surface area contributed by atoms with Gasteiger partial charge in [-0.1, -0.05) is 5.16 Å². The number of nitrogen functional groups attached to an aromatic ring is 1. The molecule has 0 atom stereocenters. The summed E-state index contributed by atoms with van der Waals surface area (Å²) in [5.41, 5.74) is 7.33. The zero-order chi connectivity index (χ0) is 14.8. The number of amides is 1. The van der Waals surface area contributed by atoms with Crippen molar-refractivity contribution in [2.75, 3.05) is 11.1 Å². The molecular formula is C14H13N5O2. The molecule has 0 spiro atoms. The number of nitrogens with one attached hydrogen (secondary N) is 1. The van der Waals surface area contributed by atoms with Crippen LogP contribution in [0.4, 0.5) is 11.5 Å². The first-order valence-corrected chi connectivity index (χ1v) is 6.28. The molecule has 3 rings (SSSR count). The van der Waals surface area contributed by atoms with Gasteiger partial charge in [-0.2, -0.15) is 5.10 Å². The van der Waals surface area contributed by atoms with Gasteiger partial charge in [-0.15, -0.1) is 0 Å². The number of carbonyl (C=O) groups excluding carboxylic acids is 1. The smallest absolute Gasteiger partial charge is 0.279 e. The van der Waals surface area contributed by atoms with Crippen molar-refractivity contribution >= 4 is 17.4 Å². The maximum Gasteiger partial charge on any atom is 0.279 e. The van der Waals surface area contributed by atoms with E-state index < -0.39 is 0 Å². The van der Waals surface area contributed by atoms with Gasteiger partial charge in [0.05, 0.1) is 11.9 Å². The van der Waals surface area contributed by atoms with Crippen molar-refractivity contribution in [3.8, 4) is 5.69 Å². The molecule has 7 heteroatoms. The molecule has 0 saturated carbocycles. The first-order chi connectivity index (χ1) is 10.1. The summed E-state index contributed by atoms with van der Waals surface area (Å²) in [7, 11) is 0. The molecule has 0 saturated heterocycles. The highest BCUT2D eigenvalue weighted by atomic mass is 16.5. The molecule has 0 aliphatic rings. The maximum absolute atomic E-state index is 12.1. The Hall–Kier alpha value is -3.09. The zero-order valence-corrected chi connectivity index (χ0v) is 11.3. The molecule has 1 aromatic carbocycles. The third kappa shape index (κ3) is 2.62. The predicted octanol–water partition coefficient (Wildman–Crippen LogP) is 2.00. The molecular weight excluding hydrogens is 270 g/mol. The van der Waals surface area contributed by atoms with Gasteiger partial charge in [-0.05, 0) is 31.2 Å².